The van der Waals surface area contributed by atoms with Crippen LogP contribution in [-0.2, 0) is 4.79 Å². The zero-order valence-electron chi connectivity index (χ0n) is 15.6. The smallest absolute Gasteiger partial charge is 0.236 e. The molecule has 0 bridgehead atoms. The highest BCUT2D eigenvalue weighted by molar-refractivity contribution is 5.81. The average Bonchev–Trinajstić information content (AvgIpc) is 3.48. The Kier molecular flexibility index (Phi) is 6.29. The molecule has 0 saturated heterocycles. The summed E-state index contributed by atoms with van der Waals surface area (Å²) >= 11 is 0. The number of amides is 1. The Labute approximate surface area is 156 Å². The van der Waals surface area contributed by atoms with Crippen molar-refractivity contribution in [2.45, 2.75) is 38.8 Å². The van der Waals surface area contributed by atoms with Crippen molar-refractivity contribution in [1.29, 1.82) is 0 Å². The predicted molar refractivity (Wildman–Crippen MR) is 104 cm³/mol. The molecule has 1 saturated carbocycles. The summed E-state index contributed by atoms with van der Waals surface area (Å²) in [6.45, 7) is 4.92. The van der Waals surface area contributed by atoms with Crippen molar-refractivity contribution in [1.82, 2.24) is 10.6 Å². The van der Waals surface area contributed by atoms with Gasteiger partial charge in [0.15, 0.2) is 0 Å². The highest BCUT2D eigenvalue weighted by Gasteiger charge is 2.33. The molecule has 2 aromatic rings. The van der Waals surface area contributed by atoms with Crippen molar-refractivity contribution in [3.63, 3.8) is 0 Å². The van der Waals surface area contributed by atoms with Gasteiger partial charge in [-0.1, -0.05) is 42.5 Å². The molecule has 1 fully saturated rings. The average molecular weight is 352 g/mol. The van der Waals surface area contributed by atoms with Crippen LogP contribution in [0.5, 0.6) is 5.75 Å². The van der Waals surface area contributed by atoms with Crippen molar-refractivity contribution in [3.05, 3.63) is 65.7 Å². The Bertz CT molecular complexity index is 713. The molecule has 0 heterocycles. The third-order valence-electron chi connectivity index (χ3n) is 4.73. The van der Waals surface area contributed by atoms with Gasteiger partial charge in [0, 0.05) is 6.04 Å². The van der Waals surface area contributed by atoms with E-state index in [4.69, 9.17) is 4.74 Å². The predicted octanol–water partition coefficient (Wildman–Crippen LogP) is 3.62. The number of aryl methyl sites for hydroxylation is 1. The third kappa shape index (κ3) is 5.33. The van der Waals surface area contributed by atoms with Gasteiger partial charge in [0.2, 0.25) is 5.91 Å². The van der Waals surface area contributed by atoms with Crippen molar-refractivity contribution < 1.29 is 9.53 Å². The summed E-state index contributed by atoms with van der Waals surface area (Å²) in [5.41, 5.74) is 2.42. The minimum atomic E-state index is -0.236. The maximum Gasteiger partial charge on any atom is 0.236 e. The first-order valence-electron chi connectivity index (χ1n) is 9.41. The highest BCUT2D eigenvalue weighted by atomic mass is 16.5. The Morgan fingerprint density at radius 1 is 1.15 bits per heavy atom. The highest BCUT2D eigenvalue weighted by Crippen LogP contribution is 2.41. The first-order valence-corrected chi connectivity index (χ1v) is 9.41. The summed E-state index contributed by atoms with van der Waals surface area (Å²) in [5.74, 6) is 1.49. The second-order valence-corrected chi connectivity index (χ2v) is 7.07. The van der Waals surface area contributed by atoms with Crippen LogP contribution in [0, 0.1) is 12.8 Å². The van der Waals surface area contributed by atoms with E-state index in [-0.39, 0.29) is 18.0 Å². The third-order valence-corrected chi connectivity index (χ3v) is 4.73. The molecule has 2 unspecified atom stereocenters. The number of hydrogen-bond acceptors (Lipinski definition) is 3. The van der Waals surface area contributed by atoms with Gasteiger partial charge in [0.25, 0.3) is 0 Å². The van der Waals surface area contributed by atoms with Crippen molar-refractivity contribution in [3.8, 4) is 5.75 Å². The fraction of sp³-hybridized carbons (Fsp3) is 0.409. The molecule has 0 radical (unpaired) electrons. The van der Waals surface area contributed by atoms with Gasteiger partial charge in [0.05, 0.1) is 12.6 Å². The van der Waals surface area contributed by atoms with E-state index in [2.05, 4.69) is 34.9 Å². The van der Waals surface area contributed by atoms with Gasteiger partial charge in [0.1, 0.15) is 12.4 Å². The van der Waals surface area contributed by atoms with Crippen LogP contribution in [-0.4, -0.2) is 25.1 Å². The second kappa shape index (κ2) is 8.86. The Balaban J connectivity index is 1.43. The lowest BCUT2D eigenvalue weighted by molar-refractivity contribution is -0.123. The zero-order valence-corrected chi connectivity index (χ0v) is 15.6. The van der Waals surface area contributed by atoms with E-state index in [1.165, 1.54) is 18.4 Å². The Hall–Kier alpha value is -2.33. The van der Waals surface area contributed by atoms with E-state index in [1.807, 2.05) is 44.2 Å². The SMILES string of the molecule is Cc1cccc(OCCNC(=O)C(C)NC(c2ccccc2)C2CC2)c1. The number of carbonyl (C=O) groups is 1. The number of hydrogen-bond donors (Lipinski definition) is 2. The van der Waals surface area contributed by atoms with Gasteiger partial charge in [-0.3, -0.25) is 10.1 Å². The van der Waals surface area contributed by atoms with Crippen molar-refractivity contribution in [2.75, 3.05) is 13.2 Å². The Morgan fingerprint density at radius 2 is 1.92 bits per heavy atom. The molecule has 0 spiro atoms. The fourth-order valence-electron chi connectivity index (χ4n) is 3.14. The summed E-state index contributed by atoms with van der Waals surface area (Å²) < 4.78 is 5.68. The van der Waals surface area contributed by atoms with Crippen LogP contribution < -0.4 is 15.4 Å². The molecule has 2 atom stereocenters. The molecule has 4 heteroatoms. The van der Waals surface area contributed by atoms with E-state index in [0.717, 1.165) is 11.3 Å². The van der Waals surface area contributed by atoms with Crippen LogP contribution in [0.1, 0.15) is 36.9 Å². The largest absolute Gasteiger partial charge is 0.492 e. The number of rotatable bonds is 9. The number of ether oxygens (including phenoxy) is 1. The maximum atomic E-state index is 12.4. The minimum absolute atomic E-state index is 0.0134. The lowest BCUT2D eigenvalue weighted by atomic mass is 10.0. The normalized spacial score (nSPS) is 15.9. The van der Waals surface area contributed by atoms with Gasteiger partial charge in [-0.25, -0.2) is 0 Å². The fourth-order valence-corrected chi connectivity index (χ4v) is 3.14. The molecule has 1 aliphatic carbocycles. The molecule has 3 rings (SSSR count). The summed E-state index contributed by atoms with van der Waals surface area (Å²) in [6.07, 6.45) is 2.45. The van der Waals surface area contributed by atoms with Gasteiger partial charge < -0.3 is 10.1 Å². The van der Waals surface area contributed by atoms with Crippen LogP contribution in [0.3, 0.4) is 0 Å². The van der Waals surface area contributed by atoms with Crippen LogP contribution in [0.4, 0.5) is 0 Å². The summed E-state index contributed by atoms with van der Waals surface area (Å²) in [6, 6.07) is 18.3. The maximum absolute atomic E-state index is 12.4. The molecule has 2 N–H and O–H groups in total. The number of carbonyl (C=O) groups excluding carboxylic acids is 1. The van der Waals surface area contributed by atoms with Gasteiger partial charge in [-0.05, 0) is 55.9 Å². The molecule has 4 nitrogen and oxygen atoms in total. The van der Waals surface area contributed by atoms with Gasteiger partial charge in [-0.2, -0.15) is 0 Å². The molecular weight excluding hydrogens is 324 g/mol. The van der Waals surface area contributed by atoms with Crippen LogP contribution >= 0.6 is 0 Å². The monoisotopic (exact) mass is 352 g/mol. The molecular formula is C22H28N2O2. The molecule has 0 aliphatic heterocycles. The second-order valence-electron chi connectivity index (χ2n) is 7.07. The Morgan fingerprint density at radius 3 is 2.62 bits per heavy atom. The quantitative estimate of drug-likeness (QED) is 0.678. The molecule has 138 valence electrons. The van der Waals surface area contributed by atoms with Gasteiger partial charge >= 0.3 is 0 Å². The van der Waals surface area contributed by atoms with Crippen molar-refractivity contribution >= 4 is 5.91 Å². The van der Waals surface area contributed by atoms with Crippen LogP contribution in [0.15, 0.2) is 54.6 Å². The molecule has 2 aromatic carbocycles. The summed E-state index contributed by atoms with van der Waals surface area (Å²) in [7, 11) is 0. The topological polar surface area (TPSA) is 50.4 Å². The van der Waals surface area contributed by atoms with Crippen molar-refractivity contribution in [2.24, 2.45) is 5.92 Å². The van der Waals surface area contributed by atoms with E-state index >= 15 is 0 Å². The van der Waals surface area contributed by atoms with E-state index in [1.54, 1.807) is 0 Å². The lowest BCUT2D eigenvalue weighted by Gasteiger charge is -2.23. The standard InChI is InChI=1S/C22H28N2O2/c1-16-7-6-10-20(15-16)26-14-13-23-22(25)17(2)24-21(19-11-12-19)18-8-4-3-5-9-18/h3-10,15,17,19,21,24H,11-14H2,1-2H3,(H,23,25). The molecule has 1 aliphatic rings. The zero-order chi connectivity index (χ0) is 18.4. The van der Waals surface area contributed by atoms with Crippen LogP contribution in [0.2, 0.25) is 0 Å². The summed E-state index contributed by atoms with van der Waals surface area (Å²) in [5, 5.41) is 6.47. The lowest BCUT2D eigenvalue weighted by Crippen LogP contribution is -2.45. The first-order chi connectivity index (χ1) is 12.6. The summed E-state index contributed by atoms with van der Waals surface area (Å²) in [4.78, 5) is 12.4. The van der Waals surface area contributed by atoms with E-state index in [9.17, 15) is 4.79 Å². The number of nitrogens with one attached hydrogen (secondary N) is 2. The van der Waals surface area contributed by atoms with Crippen LogP contribution in [0.25, 0.3) is 0 Å². The first kappa shape index (κ1) is 18.5. The molecule has 0 aromatic heterocycles. The van der Waals surface area contributed by atoms with E-state index in [0.29, 0.717) is 19.1 Å². The van der Waals surface area contributed by atoms with Gasteiger partial charge in [-0.15, -0.1) is 0 Å². The number of benzene rings is 2. The molecule has 1 amide bonds. The minimum Gasteiger partial charge on any atom is -0.492 e. The molecule has 26 heavy (non-hydrogen) atoms. The van der Waals surface area contributed by atoms with E-state index < -0.39 is 0 Å².